The molecule has 1 aromatic rings. The van der Waals surface area contributed by atoms with Crippen molar-refractivity contribution in [3.8, 4) is 5.75 Å². The van der Waals surface area contributed by atoms with Gasteiger partial charge in [0.1, 0.15) is 5.75 Å². The second-order valence-electron chi connectivity index (χ2n) is 5.34. The third-order valence-corrected chi connectivity index (χ3v) is 3.23. The maximum absolute atomic E-state index is 12.2. The molecule has 1 atom stereocenters. The van der Waals surface area contributed by atoms with Gasteiger partial charge < -0.3 is 15.2 Å². The molecule has 0 aromatic heterocycles. The molecule has 0 fully saturated rings. The lowest BCUT2D eigenvalue weighted by atomic mass is 9.90. The van der Waals surface area contributed by atoms with Crippen molar-refractivity contribution in [1.29, 1.82) is 0 Å². The second kappa shape index (κ2) is 8.29. The van der Waals surface area contributed by atoms with E-state index in [1.807, 2.05) is 13.8 Å². The first-order valence-electron chi connectivity index (χ1n) is 7.19. The molecule has 0 aliphatic carbocycles. The number of benzene rings is 1. The molecule has 2 N–H and O–H groups in total. The average Bonchev–Trinajstić information content (AvgIpc) is 2.43. The summed E-state index contributed by atoms with van der Waals surface area (Å²) >= 11 is 0. The smallest absolute Gasteiger partial charge is 0.341 e. The van der Waals surface area contributed by atoms with E-state index in [0.717, 1.165) is 12.8 Å². The number of carbonyl (C=O) groups is 2. The number of rotatable bonds is 8. The molecule has 0 spiro atoms. The van der Waals surface area contributed by atoms with Crippen molar-refractivity contribution in [1.82, 2.24) is 0 Å². The highest BCUT2D eigenvalue weighted by Crippen LogP contribution is 2.21. The number of carbonyl (C=O) groups excluding carboxylic acids is 1. The van der Waals surface area contributed by atoms with Crippen molar-refractivity contribution in [2.45, 2.75) is 33.6 Å². The first-order chi connectivity index (χ1) is 9.93. The first-order valence-corrected chi connectivity index (χ1v) is 7.19. The fourth-order valence-electron chi connectivity index (χ4n) is 2.09. The molecule has 0 aliphatic heterocycles. The highest BCUT2D eigenvalue weighted by Gasteiger charge is 2.21. The fraction of sp³-hybridized carbons (Fsp3) is 0.500. The van der Waals surface area contributed by atoms with Gasteiger partial charge in [0.15, 0.2) is 6.61 Å². The molecule has 1 aromatic carbocycles. The number of carboxylic acid groups (broad SMARTS) is 1. The summed E-state index contributed by atoms with van der Waals surface area (Å²) in [7, 11) is 0. The largest absolute Gasteiger partial charge is 0.482 e. The van der Waals surface area contributed by atoms with Crippen LogP contribution < -0.4 is 10.1 Å². The lowest BCUT2D eigenvalue weighted by Crippen LogP contribution is -2.26. The Kier molecular flexibility index (Phi) is 6.72. The number of ether oxygens (including phenoxy) is 1. The van der Waals surface area contributed by atoms with Crippen LogP contribution in [-0.4, -0.2) is 23.6 Å². The Morgan fingerprint density at radius 3 is 2.33 bits per heavy atom. The average molecular weight is 293 g/mol. The van der Waals surface area contributed by atoms with E-state index in [1.165, 1.54) is 0 Å². The maximum Gasteiger partial charge on any atom is 0.341 e. The van der Waals surface area contributed by atoms with Gasteiger partial charge in [-0.2, -0.15) is 0 Å². The van der Waals surface area contributed by atoms with Gasteiger partial charge in [0.2, 0.25) is 5.91 Å². The summed E-state index contributed by atoms with van der Waals surface area (Å²) in [6.45, 7) is 5.78. The number of carboxylic acids is 1. The minimum atomic E-state index is -1.02. The van der Waals surface area contributed by atoms with Crippen molar-refractivity contribution >= 4 is 17.6 Å². The number of amides is 1. The number of anilines is 1. The molecule has 0 bridgehead atoms. The summed E-state index contributed by atoms with van der Waals surface area (Å²) < 4.78 is 5.04. The van der Waals surface area contributed by atoms with E-state index in [2.05, 4.69) is 12.2 Å². The van der Waals surface area contributed by atoms with Crippen LogP contribution in [0.2, 0.25) is 0 Å². The molecular formula is C16H23NO4. The quantitative estimate of drug-likeness (QED) is 0.772. The van der Waals surface area contributed by atoms with Gasteiger partial charge in [0, 0.05) is 11.6 Å². The van der Waals surface area contributed by atoms with Crippen LogP contribution in [0, 0.1) is 11.8 Å². The van der Waals surface area contributed by atoms with Crippen molar-refractivity contribution < 1.29 is 19.4 Å². The van der Waals surface area contributed by atoms with E-state index in [-0.39, 0.29) is 18.4 Å². The van der Waals surface area contributed by atoms with Gasteiger partial charge in [0.05, 0.1) is 0 Å². The van der Waals surface area contributed by atoms with Gasteiger partial charge in [-0.1, -0.05) is 27.2 Å². The van der Waals surface area contributed by atoms with Crippen LogP contribution in [0.3, 0.4) is 0 Å². The van der Waals surface area contributed by atoms with Gasteiger partial charge in [-0.05, 0) is 36.6 Å². The second-order valence-corrected chi connectivity index (χ2v) is 5.34. The van der Waals surface area contributed by atoms with Crippen LogP contribution >= 0.6 is 0 Å². The summed E-state index contributed by atoms with van der Waals surface area (Å²) in [5, 5.41) is 11.4. The minimum Gasteiger partial charge on any atom is -0.482 e. The summed E-state index contributed by atoms with van der Waals surface area (Å²) in [4.78, 5) is 22.6. The highest BCUT2D eigenvalue weighted by atomic mass is 16.5. The molecular weight excluding hydrogens is 270 g/mol. The molecule has 0 heterocycles. The number of hydrogen-bond donors (Lipinski definition) is 2. The topological polar surface area (TPSA) is 75.6 Å². The zero-order chi connectivity index (χ0) is 15.8. The Morgan fingerprint density at radius 2 is 1.86 bits per heavy atom. The highest BCUT2D eigenvalue weighted by molar-refractivity contribution is 5.92. The molecule has 21 heavy (non-hydrogen) atoms. The van der Waals surface area contributed by atoms with Gasteiger partial charge in [-0.25, -0.2) is 4.79 Å². The lowest BCUT2D eigenvalue weighted by Gasteiger charge is -2.19. The van der Waals surface area contributed by atoms with E-state index < -0.39 is 5.97 Å². The molecule has 1 unspecified atom stereocenters. The monoisotopic (exact) mass is 293 g/mol. The molecule has 1 amide bonds. The third-order valence-electron chi connectivity index (χ3n) is 3.23. The van der Waals surface area contributed by atoms with E-state index >= 15 is 0 Å². The Balaban J connectivity index is 2.61. The SMILES string of the molecule is CCCC(C(=O)Nc1ccc(OCC(=O)O)cc1)C(C)C. The fourth-order valence-corrected chi connectivity index (χ4v) is 2.09. The predicted octanol–water partition coefficient (Wildman–Crippen LogP) is 3.16. The predicted molar refractivity (Wildman–Crippen MR) is 81.4 cm³/mol. The summed E-state index contributed by atoms with van der Waals surface area (Å²) in [6.07, 6.45) is 1.83. The van der Waals surface area contributed by atoms with E-state index in [4.69, 9.17) is 9.84 Å². The number of aliphatic carboxylic acids is 1. The number of hydrogen-bond acceptors (Lipinski definition) is 3. The van der Waals surface area contributed by atoms with Crippen LogP contribution in [0.15, 0.2) is 24.3 Å². The van der Waals surface area contributed by atoms with E-state index in [1.54, 1.807) is 24.3 Å². The standard InChI is InChI=1S/C16H23NO4/c1-4-5-14(11(2)3)16(20)17-12-6-8-13(9-7-12)21-10-15(18)19/h6-9,11,14H,4-5,10H2,1-3H3,(H,17,20)(H,18,19). The van der Waals surface area contributed by atoms with Crippen LogP contribution in [0.25, 0.3) is 0 Å². The molecule has 5 nitrogen and oxygen atoms in total. The molecule has 0 aliphatic rings. The maximum atomic E-state index is 12.2. The Bertz CT molecular complexity index is 468. The molecule has 0 saturated heterocycles. The summed E-state index contributed by atoms with van der Waals surface area (Å²) in [5.41, 5.74) is 0.685. The number of nitrogens with one attached hydrogen (secondary N) is 1. The van der Waals surface area contributed by atoms with Crippen molar-refractivity contribution in [3.05, 3.63) is 24.3 Å². The molecule has 116 valence electrons. The van der Waals surface area contributed by atoms with Crippen molar-refractivity contribution in [3.63, 3.8) is 0 Å². The Hall–Kier alpha value is -2.04. The third kappa shape index (κ3) is 5.85. The zero-order valence-electron chi connectivity index (χ0n) is 12.8. The zero-order valence-corrected chi connectivity index (χ0v) is 12.8. The van der Waals surface area contributed by atoms with Crippen molar-refractivity contribution in [2.75, 3.05) is 11.9 Å². The van der Waals surface area contributed by atoms with Crippen LogP contribution in [0.5, 0.6) is 5.75 Å². The normalized spacial score (nSPS) is 12.0. The van der Waals surface area contributed by atoms with Gasteiger partial charge in [-0.15, -0.1) is 0 Å². The van der Waals surface area contributed by atoms with E-state index in [0.29, 0.717) is 17.4 Å². The summed E-state index contributed by atoms with van der Waals surface area (Å²) in [5.74, 6) is -0.247. The van der Waals surface area contributed by atoms with Crippen LogP contribution in [0.4, 0.5) is 5.69 Å². The van der Waals surface area contributed by atoms with Crippen LogP contribution in [0.1, 0.15) is 33.6 Å². The molecule has 0 radical (unpaired) electrons. The van der Waals surface area contributed by atoms with Crippen molar-refractivity contribution in [2.24, 2.45) is 11.8 Å². The van der Waals surface area contributed by atoms with Gasteiger partial charge >= 0.3 is 5.97 Å². The van der Waals surface area contributed by atoms with Gasteiger partial charge in [0.25, 0.3) is 0 Å². The van der Waals surface area contributed by atoms with Crippen LogP contribution in [-0.2, 0) is 9.59 Å². The first kappa shape index (κ1) is 17.0. The Labute approximate surface area is 125 Å². The molecule has 5 heteroatoms. The Morgan fingerprint density at radius 1 is 1.24 bits per heavy atom. The summed E-state index contributed by atoms with van der Waals surface area (Å²) in [6, 6.07) is 6.70. The van der Waals surface area contributed by atoms with E-state index in [9.17, 15) is 9.59 Å². The minimum absolute atomic E-state index is 0.00191. The van der Waals surface area contributed by atoms with Gasteiger partial charge in [-0.3, -0.25) is 4.79 Å². The molecule has 0 saturated carbocycles. The lowest BCUT2D eigenvalue weighted by molar-refractivity contribution is -0.139. The molecule has 1 rings (SSSR count).